The molecule has 8 nitrogen and oxygen atoms in total. The number of hydrogen-bond acceptors (Lipinski definition) is 7. The van der Waals surface area contributed by atoms with Crippen LogP contribution in [0.3, 0.4) is 0 Å². The minimum absolute atomic E-state index is 0.0510. The van der Waals surface area contributed by atoms with E-state index >= 15 is 0 Å². The fourth-order valence-electron chi connectivity index (χ4n) is 3.80. The van der Waals surface area contributed by atoms with Gasteiger partial charge in [-0.1, -0.05) is 0 Å². The standard InChI is InChI=1S/C21H23N3O5/c1-2-28-21(27)17-18(26)16(10-13-11-23-19-15(13)7-5-8-22-19)29-20(17)24-9-4-3-6-14(24)12-25/h5,7-8,10-11,14,25H,2-4,6,9,12H2,1H3,(H,22,23). The third-order valence-corrected chi connectivity index (χ3v) is 5.22. The molecule has 1 unspecified atom stereocenters. The number of ketones is 1. The van der Waals surface area contributed by atoms with Gasteiger partial charge in [-0.05, 0) is 44.4 Å². The predicted octanol–water partition coefficient (Wildman–Crippen LogP) is 2.12. The first-order valence-corrected chi connectivity index (χ1v) is 9.79. The molecule has 1 saturated heterocycles. The molecule has 0 spiro atoms. The Labute approximate surface area is 167 Å². The van der Waals surface area contributed by atoms with Crippen molar-refractivity contribution in [2.75, 3.05) is 19.8 Å². The van der Waals surface area contributed by atoms with Crippen molar-refractivity contribution < 1.29 is 24.2 Å². The first-order valence-electron chi connectivity index (χ1n) is 9.79. The van der Waals surface area contributed by atoms with Gasteiger partial charge in [-0.2, -0.15) is 0 Å². The second-order valence-corrected chi connectivity index (χ2v) is 7.01. The second kappa shape index (κ2) is 8.08. The number of carbonyl (C=O) groups excluding carboxylic acids is 2. The molecule has 2 aliphatic heterocycles. The first-order chi connectivity index (χ1) is 14.1. The van der Waals surface area contributed by atoms with Gasteiger partial charge in [0.15, 0.2) is 11.3 Å². The summed E-state index contributed by atoms with van der Waals surface area (Å²) in [4.78, 5) is 34.7. The van der Waals surface area contributed by atoms with Crippen molar-refractivity contribution in [2.45, 2.75) is 32.2 Å². The van der Waals surface area contributed by atoms with E-state index in [-0.39, 0.29) is 36.5 Å². The van der Waals surface area contributed by atoms with Crippen molar-refractivity contribution in [3.63, 3.8) is 0 Å². The maximum Gasteiger partial charge on any atom is 0.347 e. The van der Waals surface area contributed by atoms with E-state index in [1.807, 2.05) is 17.0 Å². The summed E-state index contributed by atoms with van der Waals surface area (Å²) in [6.07, 6.45) is 7.65. The number of nitrogens with one attached hydrogen (secondary N) is 1. The number of pyridine rings is 1. The summed E-state index contributed by atoms with van der Waals surface area (Å²) in [5.41, 5.74) is 1.31. The lowest BCUT2D eigenvalue weighted by Crippen LogP contribution is -2.42. The van der Waals surface area contributed by atoms with Crippen LogP contribution in [-0.2, 0) is 19.1 Å². The Morgan fingerprint density at radius 3 is 3.14 bits per heavy atom. The monoisotopic (exact) mass is 397 g/mol. The SMILES string of the molecule is CCOC(=O)C1=C(N2CCCCC2CO)OC(=Cc2c[nH]c3ncccc23)C1=O. The van der Waals surface area contributed by atoms with Crippen molar-refractivity contribution in [2.24, 2.45) is 0 Å². The van der Waals surface area contributed by atoms with Gasteiger partial charge in [0.05, 0.1) is 19.3 Å². The van der Waals surface area contributed by atoms with Gasteiger partial charge in [-0.25, -0.2) is 9.78 Å². The zero-order valence-corrected chi connectivity index (χ0v) is 16.2. The number of hydrogen-bond donors (Lipinski definition) is 2. The van der Waals surface area contributed by atoms with E-state index in [0.717, 1.165) is 30.2 Å². The Bertz CT molecular complexity index is 1010. The highest BCUT2D eigenvalue weighted by Gasteiger charge is 2.41. The minimum atomic E-state index is -0.709. The van der Waals surface area contributed by atoms with Crippen LogP contribution in [0.1, 0.15) is 31.7 Å². The molecule has 0 aromatic carbocycles. The van der Waals surface area contributed by atoms with E-state index < -0.39 is 11.8 Å². The Morgan fingerprint density at radius 2 is 2.34 bits per heavy atom. The fraction of sp³-hybridized carbons (Fsp3) is 0.381. The van der Waals surface area contributed by atoms with Gasteiger partial charge < -0.3 is 24.5 Å². The molecule has 29 heavy (non-hydrogen) atoms. The van der Waals surface area contributed by atoms with Crippen LogP contribution in [0.25, 0.3) is 17.1 Å². The topological polar surface area (TPSA) is 105 Å². The molecule has 2 aromatic heterocycles. The summed E-state index contributed by atoms with van der Waals surface area (Å²) < 4.78 is 11.0. The van der Waals surface area contributed by atoms with E-state index in [1.54, 1.807) is 25.4 Å². The highest BCUT2D eigenvalue weighted by atomic mass is 16.5. The number of likely N-dealkylation sites (tertiary alicyclic amines) is 1. The number of nitrogens with zero attached hydrogens (tertiary/aromatic N) is 2. The minimum Gasteiger partial charge on any atom is -0.462 e. The average Bonchev–Trinajstić information content (AvgIpc) is 3.30. The highest BCUT2D eigenvalue weighted by molar-refractivity contribution is 6.26. The van der Waals surface area contributed by atoms with Gasteiger partial charge in [0.25, 0.3) is 0 Å². The molecule has 4 heterocycles. The van der Waals surface area contributed by atoms with Gasteiger partial charge in [0.2, 0.25) is 11.7 Å². The molecule has 152 valence electrons. The summed E-state index contributed by atoms with van der Waals surface area (Å²) in [6.45, 7) is 2.36. The molecule has 8 heteroatoms. The lowest BCUT2D eigenvalue weighted by molar-refractivity contribution is -0.139. The van der Waals surface area contributed by atoms with Gasteiger partial charge in [0, 0.05) is 29.9 Å². The molecule has 0 amide bonds. The van der Waals surface area contributed by atoms with Crippen molar-refractivity contribution >= 4 is 28.9 Å². The summed E-state index contributed by atoms with van der Waals surface area (Å²) in [6, 6.07) is 3.49. The van der Waals surface area contributed by atoms with Crippen molar-refractivity contribution in [1.29, 1.82) is 0 Å². The molecule has 1 atom stereocenters. The van der Waals surface area contributed by atoms with Crippen LogP contribution in [0, 0.1) is 0 Å². The van der Waals surface area contributed by atoms with E-state index in [1.165, 1.54) is 0 Å². The number of esters is 1. The molecule has 0 saturated carbocycles. The summed E-state index contributed by atoms with van der Waals surface area (Å²) in [5.74, 6) is -0.996. The van der Waals surface area contributed by atoms with Crippen molar-refractivity contribution in [1.82, 2.24) is 14.9 Å². The van der Waals surface area contributed by atoms with Crippen LogP contribution in [0.2, 0.25) is 0 Å². The summed E-state index contributed by atoms with van der Waals surface area (Å²) in [5, 5.41) is 10.6. The molecule has 0 bridgehead atoms. The van der Waals surface area contributed by atoms with Gasteiger partial charge in [-0.15, -0.1) is 0 Å². The van der Waals surface area contributed by atoms with E-state index in [4.69, 9.17) is 9.47 Å². The largest absolute Gasteiger partial charge is 0.462 e. The number of rotatable bonds is 5. The Hall–Kier alpha value is -3.13. The van der Waals surface area contributed by atoms with Crippen LogP contribution in [0.5, 0.6) is 0 Å². The number of H-pyrrole nitrogens is 1. The van der Waals surface area contributed by atoms with Crippen molar-refractivity contribution in [3.05, 3.63) is 47.3 Å². The lowest BCUT2D eigenvalue weighted by Gasteiger charge is -2.36. The number of aromatic nitrogens is 2. The smallest absolute Gasteiger partial charge is 0.347 e. The number of aliphatic hydroxyl groups is 1. The van der Waals surface area contributed by atoms with Crippen LogP contribution < -0.4 is 0 Å². The van der Waals surface area contributed by atoms with Crippen LogP contribution >= 0.6 is 0 Å². The molecule has 4 rings (SSSR count). The van der Waals surface area contributed by atoms with Crippen LogP contribution in [0.4, 0.5) is 0 Å². The maximum absolute atomic E-state index is 13.1. The van der Waals surface area contributed by atoms with Crippen molar-refractivity contribution in [3.8, 4) is 0 Å². The first kappa shape index (κ1) is 19.2. The Balaban J connectivity index is 1.73. The Kier molecular flexibility index (Phi) is 5.35. The van der Waals surface area contributed by atoms with Crippen LogP contribution in [0.15, 0.2) is 41.7 Å². The number of Topliss-reactive ketones (excluding diaryl/α,β-unsaturated/α-hetero) is 1. The molecule has 2 aliphatic rings. The van der Waals surface area contributed by atoms with E-state index in [0.29, 0.717) is 12.2 Å². The van der Waals surface area contributed by atoms with E-state index in [9.17, 15) is 14.7 Å². The van der Waals surface area contributed by atoms with E-state index in [2.05, 4.69) is 9.97 Å². The number of fused-ring (bicyclic) bond motifs is 1. The van der Waals surface area contributed by atoms with Gasteiger partial charge in [0.1, 0.15) is 5.65 Å². The molecule has 0 radical (unpaired) electrons. The third kappa shape index (κ3) is 3.51. The summed E-state index contributed by atoms with van der Waals surface area (Å²) >= 11 is 0. The van der Waals surface area contributed by atoms with Gasteiger partial charge in [-0.3, -0.25) is 4.79 Å². The molecule has 1 fully saturated rings. The zero-order chi connectivity index (χ0) is 20.4. The third-order valence-electron chi connectivity index (χ3n) is 5.22. The molecule has 0 aliphatic carbocycles. The molecular weight excluding hydrogens is 374 g/mol. The number of ether oxygens (including phenoxy) is 2. The number of carbonyl (C=O) groups is 2. The fourth-order valence-corrected chi connectivity index (χ4v) is 3.80. The number of aliphatic hydroxyl groups excluding tert-OH is 1. The normalized spacial score (nSPS) is 21.2. The number of aromatic amines is 1. The summed E-state index contributed by atoms with van der Waals surface area (Å²) in [7, 11) is 0. The lowest BCUT2D eigenvalue weighted by atomic mass is 10.0. The number of allylic oxidation sites excluding steroid dienone is 1. The Morgan fingerprint density at radius 1 is 1.48 bits per heavy atom. The predicted molar refractivity (Wildman–Crippen MR) is 105 cm³/mol. The molecular formula is C21H23N3O5. The quantitative estimate of drug-likeness (QED) is 0.452. The van der Waals surface area contributed by atoms with Crippen LogP contribution in [-0.4, -0.2) is 57.5 Å². The highest BCUT2D eigenvalue weighted by Crippen LogP contribution is 2.34. The second-order valence-electron chi connectivity index (χ2n) is 7.01. The maximum atomic E-state index is 13.1. The zero-order valence-electron chi connectivity index (χ0n) is 16.2. The van der Waals surface area contributed by atoms with Gasteiger partial charge >= 0.3 is 5.97 Å². The molecule has 2 aromatic rings. The number of piperidine rings is 1. The average molecular weight is 397 g/mol. The molecule has 2 N–H and O–H groups in total.